The Morgan fingerprint density at radius 1 is 1.53 bits per heavy atom. The molecular formula is C12H19F2N5. The van der Waals surface area contributed by atoms with Crippen molar-refractivity contribution in [1.29, 1.82) is 0 Å². The Kier molecular flexibility index (Phi) is 4.16. The fourth-order valence-corrected chi connectivity index (χ4v) is 2.47. The van der Waals surface area contributed by atoms with E-state index in [0.717, 1.165) is 25.6 Å². The average molecular weight is 271 g/mol. The van der Waals surface area contributed by atoms with E-state index in [-0.39, 0.29) is 11.6 Å². The third-order valence-electron chi connectivity index (χ3n) is 3.43. The lowest BCUT2D eigenvalue weighted by Crippen LogP contribution is -2.29. The monoisotopic (exact) mass is 271 g/mol. The van der Waals surface area contributed by atoms with Crippen molar-refractivity contribution in [3.63, 3.8) is 0 Å². The van der Waals surface area contributed by atoms with E-state index in [4.69, 9.17) is 5.84 Å². The topological polar surface area (TPSA) is 57.4 Å². The molecule has 0 amide bonds. The number of hydrazine groups is 1. The molecule has 2 heterocycles. The van der Waals surface area contributed by atoms with Crippen LogP contribution in [0.5, 0.6) is 0 Å². The van der Waals surface area contributed by atoms with Gasteiger partial charge in [-0.25, -0.2) is 19.6 Å². The maximum Gasteiger partial charge on any atom is 0.178 e. The zero-order valence-electron chi connectivity index (χ0n) is 11.2. The molecule has 0 radical (unpaired) electrons. The van der Waals surface area contributed by atoms with Crippen LogP contribution in [0.25, 0.3) is 0 Å². The predicted octanol–water partition coefficient (Wildman–Crippen LogP) is 1.03. The number of aromatic nitrogens is 1. The van der Waals surface area contributed by atoms with Crippen molar-refractivity contribution in [2.75, 3.05) is 44.1 Å². The number of pyridine rings is 1. The Morgan fingerprint density at radius 3 is 2.84 bits per heavy atom. The van der Waals surface area contributed by atoms with E-state index < -0.39 is 11.6 Å². The van der Waals surface area contributed by atoms with E-state index in [1.165, 1.54) is 0 Å². The molecule has 1 unspecified atom stereocenters. The number of nitrogen functional groups attached to an aromatic ring is 1. The minimum atomic E-state index is -0.794. The summed E-state index contributed by atoms with van der Waals surface area (Å²) in [6, 6.07) is 0.800. The van der Waals surface area contributed by atoms with Gasteiger partial charge in [0.05, 0.1) is 0 Å². The number of anilines is 2. The van der Waals surface area contributed by atoms with Crippen molar-refractivity contribution >= 4 is 11.6 Å². The van der Waals surface area contributed by atoms with Crippen molar-refractivity contribution in [3.8, 4) is 0 Å². The van der Waals surface area contributed by atoms with E-state index in [1.807, 2.05) is 0 Å². The van der Waals surface area contributed by atoms with Crippen molar-refractivity contribution in [2.24, 2.45) is 11.8 Å². The molecule has 19 heavy (non-hydrogen) atoms. The minimum absolute atomic E-state index is 0.115. The van der Waals surface area contributed by atoms with Crippen molar-refractivity contribution in [1.82, 2.24) is 9.88 Å². The first-order valence-electron chi connectivity index (χ1n) is 6.23. The Balaban J connectivity index is 2.12. The molecule has 2 rings (SSSR count). The van der Waals surface area contributed by atoms with Gasteiger partial charge >= 0.3 is 0 Å². The highest BCUT2D eigenvalue weighted by Gasteiger charge is 2.23. The van der Waals surface area contributed by atoms with Crippen LogP contribution >= 0.6 is 0 Å². The van der Waals surface area contributed by atoms with Gasteiger partial charge in [0.15, 0.2) is 23.3 Å². The number of rotatable bonds is 4. The highest BCUT2D eigenvalue weighted by molar-refractivity contribution is 5.48. The molecule has 7 heteroatoms. The van der Waals surface area contributed by atoms with Crippen LogP contribution in [-0.2, 0) is 0 Å². The average Bonchev–Trinajstić information content (AvgIpc) is 2.74. The van der Waals surface area contributed by atoms with Crippen LogP contribution in [0.1, 0.15) is 6.42 Å². The second kappa shape index (κ2) is 5.66. The highest BCUT2D eigenvalue weighted by Crippen LogP contribution is 2.23. The number of hydrogen-bond donors (Lipinski definition) is 2. The fraction of sp³-hybridized carbons (Fsp3) is 0.583. The summed E-state index contributed by atoms with van der Waals surface area (Å²) in [5.74, 6) is 4.12. The minimum Gasteiger partial charge on any atom is -0.357 e. The van der Waals surface area contributed by atoms with Gasteiger partial charge in [-0.3, -0.25) is 0 Å². The van der Waals surface area contributed by atoms with Crippen molar-refractivity contribution in [2.45, 2.75) is 6.42 Å². The Hall–Kier alpha value is -1.47. The molecule has 0 aliphatic carbocycles. The van der Waals surface area contributed by atoms with Crippen LogP contribution in [-0.4, -0.2) is 43.6 Å². The molecule has 5 nitrogen and oxygen atoms in total. The molecule has 0 spiro atoms. The highest BCUT2D eigenvalue weighted by atomic mass is 19.1. The van der Waals surface area contributed by atoms with E-state index >= 15 is 0 Å². The molecule has 1 atom stereocenters. The molecule has 1 aliphatic rings. The van der Waals surface area contributed by atoms with Gasteiger partial charge < -0.3 is 15.2 Å². The van der Waals surface area contributed by atoms with Crippen LogP contribution in [0.2, 0.25) is 0 Å². The van der Waals surface area contributed by atoms with Gasteiger partial charge in [-0.05, 0) is 25.9 Å². The first-order chi connectivity index (χ1) is 9.01. The second-order valence-corrected chi connectivity index (χ2v) is 5.07. The quantitative estimate of drug-likeness (QED) is 0.633. The lowest BCUT2D eigenvalue weighted by Gasteiger charge is -2.23. The van der Waals surface area contributed by atoms with E-state index in [0.29, 0.717) is 12.5 Å². The van der Waals surface area contributed by atoms with Gasteiger partial charge in [-0.2, -0.15) is 0 Å². The summed E-state index contributed by atoms with van der Waals surface area (Å²) in [7, 11) is 3.81. The maximum absolute atomic E-state index is 13.7. The molecular weight excluding hydrogens is 252 g/mol. The maximum atomic E-state index is 13.7. The second-order valence-electron chi connectivity index (χ2n) is 5.07. The Labute approximate surface area is 111 Å². The number of nitrogens with zero attached hydrogens (tertiary/aromatic N) is 3. The number of hydrogen-bond acceptors (Lipinski definition) is 5. The Morgan fingerprint density at radius 2 is 2.26 bits per heavy atom. The normalized spacial score (nSPS) is 19.7. The molecule has 0 saturated carbocycles. The van der Waals surface area contributed by atoms with Gasteiger partial charge in [-0.1, -0.05) is 0 Å². The largest absolute Gasteiger partial charge is 0.357 e. The van der Waals surface area contributed by atoms with Crippen LogP contribution in [0.15, 0.2) is 6.07 Å². The van der Waals surface area contributed by atoms with Crippen molar-refractivity contribution < 1.29 is 8.78 Å². The lowest BCUT2D eigenvalue weighted by molar-refractivity contribution is 0.395. The van der Waals surface area contributed by atoms with Gasteiger partial charge in [0.2, 0.25) is 0 Å². The molecule has 1 saturated heterocycles. The third kappa shape index (κ3) is 3.10. The summed E-state index contributed by atoms with van der Waals surface area (Å²) >= 11 is 0. The molecule has 0 aromatic carbocycles. The SMILES string of the molecule is CN1CCC(CN(C)c2nc(NN)c(F)cc2F)C1. The molecule has 1 fully saturated rings. The molecule has 1 aliphatic heterocycles. The number of halogens is 2. The first-order valence-corrected chi connectivity index (χ1v) is 6.23. The zero-order chi connectivity index (χ0) is 14.0. The fourth-order valence-electron chi connectivity index (χ4n) is 2.47. The first kappa shape index (κ1) is 14.0. The summed E-state index contributed by atoms with van der Waals surface area (Å²) in [4.78, 5) is 7.82. The summed E-state index contributed by atoms with van der Waals surface area (Å²) < 4.78 is 27.0. The Bertz CT molecular complexity index is 454. The summed E-state index contributed by atoms with van der Waals surface area (Å²) in [6.45, 7) is 2.71. The summed E-state index contributed by atoms with van der Waals surface area (Å²) in [6.07, 6.45) is 1.08. The van der Waals surface area contributed by atoms with E-state index in [2.05, 4.69) is 22.4 Å². The summed E-state index contributed by atoms with van der Waals surface area (Å²) in [5.41, 5.74) is 2.13. The molecule has 1 aromatic heterocycles. The predicted molar refractivity (Wildman–Crippen MR) is 70.8 cm³/mol. The summed E-state index contributed by atoms with van der Waals surface area (Å²) in [5, 5.41) is 0. The van der Waals surface area contributed by atoms with E-state index in [1.54, 1.807) is 11.9 Å². The number of nitrogens with one attached hydrogen (secondary N) is 1. The van der Waals surface area contributed by atoms with Crippen molar-refractivity contribution in [3.05, 3.63) is 17.7 Å². The van der Waals surface area contributed by atoms with Gasteiger partial charge in [0.25, 0.3) is 0 Å². The van der Waals surface area contributed by atoms with Crippen LogP contribution < -0.4 is 16.2 Å². The van der Waals surface area contributed by atoms with Gasteiger partial charge in [-0.15, -0.1) is 0 Å². The lowest BCUT2D eigenvalue weighted by atomic mass is 10.1. The van der Waals surface area contributed by atoms with Crippen LogP contribution in [0, 0.1) is 17.6 Å². The smallest absolute Gasteiger partial charge is 0.178 e. The molecule has 0 bridgehead atoms. The molecule has 1 aromatic rings. The number of likely N-dealkylation sites (tertiary alicyclic amines) is 1. The van der Waals surface area contributed by atoms with E-state index in [9.17, 15) is 8.78 Å². The molecule has 106 valence electrons. The van der Waals surface area contributed by atoms with Gasteiger partial charge in [0.1, 0.15) is 0 Å². The third-order valence-corrected chi connectivity index (χ3v) is 3.43. The number of nitrogens with two attached hydrogens (primary N) is 1. The van der Waals surface area contributed by atoms with Crippen LogP contribution in [0.3, 0.4) is 0 Å². The van der Waals surface area contributed by atoms with Gasteiger partial charge in [0, 0.05) is 26.2 Å². The standard InChI is InChI=1S/C12H19F2N5/c1-18-4-3-8(6-18)7-19(2)12-10(14)5-9(13)11(16-12)17-15/h5,8H,3-4,6-7,15H2,1-2H3,(H,16,17). The molecule has 3 N–H and O–H groups in total. The van der Waals surface area contributed by atoms with Crippen LogP contribution in [0.4, 0.5) is 20.4 Å². The zero-order valence-corrected chi connectivity index (χ0v) is 11.2.